The molecule has 0 amide bonds. The van der Waals surface area contributed by atoms with E-state index in [-0.39, 0.29) is 0 Å². The highest BCUT2D eigenvalue weighted by atomic mass is 32.2. The van der Waals surface area contributed by atoms with Crippen molar-refractivity contribution < 1.29 is 4.74 Å². The van der Waals surface area contributed by atoms with Crippen LogP contribution >= 0.6 is 24.0 Å². The molecule has 0 aliphatic rings. The summed E-state index contributed by atoms with van der Waals surface area (Å²) in [5, 5.41) is 0.581. The molecule has 0 bridgehead atoms. The molecule has 54 valence electrons. The fourth-order valence-electron chi connectivity index (χ4n) is 0.296. The minimum Gasteiger partial charge on any atom is -0.482 e. The van der Waals surface area contributed by atoms with Crippen LogP contribution in [0.4, 0.5) is 0 Å². The maximum Gasteiger partial charge on any atom is 0.219 e. The van der Waals surface area contributed by atoms with Crippen LogP contribution in [-0.2, 0) is 4.74 Å². The molecule has 0 aromatic rings. The summed E-state index contributed by atoms with van der Waals surface area (Å²) in [5.41, 5.74) is 0. The van der Waals surface area contributed by atoms with Gasteiger partial charge in [-0.1, -0.05) is 25.6 Å². The predicted octanol–water partition coefficient (Wildman–Crippen LogP) is 2.45. The summed E-state index contributed by atoms with van der Waals surface area (Å²) >= 11 is 6.45. The van der Waals surface area contributed by atoms with E-state index in [4.69, 9.17) is 17.0 Å². The molecule has 0 aromatic carbocycles. The van der Waals surface area contributed by atoms with Gasteiger partial charge < -0.3 is 4.74 Å². The second-order valence-electron chi connectivity index (χ2n) is 1.79. The van der Waals surface area contributed by atoms with E-state index in [1.54, 1.807) is 18.9 Å². The molecule has 0 saturated heterocycles. The summed E-state index contributed by atoms with van der Waals surface area (Å²) in [7, 11) is 1.61. The van der Waals surface area contributed by atoms with Gasteiger partial charge in [-0.25, -0.2) is 0 Å². The first-order valence-corrected chi connectivity index (χ1v) is 4.24. The van der Waals surface area contributed by atoms with Crippen molar-refractivity contribution >= 4 is 28.4 Å². The van der Waals surface area contributed by atoms with Crippen LogP contribution in [0.5, 0.6) is 0 Å². The quantitative estimate of drug-likeness (QED) is 0.580. The molecule has 3 heteroatoms. The van der Waals surface area contributed by atoms with Gasteiger partial charge in [0, 0.05) is 5.25 Å². The summed E-state index contributed by atoms with van der Waals surface area (Å²) in [6, 6.07) is 0. The van der Waals surface area contributed by atoms with Crippen molar-refractivity contribution in [2.75, 3.05) is 7.11 Å². The summed E-state index contributed by atoms with van der Waals surface area (Å²) in [4.78, 5) is 0. The Kier molecular flexibility index (Phi) is 5.19. The Morgan fingerprint density at radius 3 is 2.67 bits per heavy atom. The Morgan fingerprint density at radius 2 is 2.33 bits per heavy atom. The predicted molar refractivity (Wildman–Crippen MR) is 47.0 cm³/mol. The molecule has 0 N–H and O–H groups in total. The van der Waals surface area contributed by atoms with Gasteiger partial charge >= 0.3 is 0 Å². The molecule has 0 aliphatic carbocycles. The normalized spacial score (nSPS) is 12.8. The number of thioether (sulfide) groups is 1. The van der Waals surface area contributed by atoms with Crippen molar-refractivity contribution in [3.63, 3.8) is 0 Å². The maximum absolute atomic E-state index is 4.84. The fraction of sp³-hybridized carbons (Fsp3) is 0.833. The average Bonchev–Trinajstić information content (AvgIpc) is 1.87. The second kappa shape index (κ2) is 5.06. The van der Waals surface area contributed by atoms with Gasteiger partial charge in [0.2, 0.25) is 4.38 Å². The molecular weight excluding hydrogens is 152 g/mol. The zero-order valence-corrected chi connectivity index (χ0v) is 7.64. The summed E-state index contributed by atoms with van der Waals surface area (Å²) in [6.45, 7) is 4.27. The first kappa shape index (κ1) is 9.24. The monoisotopic (exact) mass is 164 g/mol. The van der Waals surface area contributed by atoms with Gasteiger partial charge in [0.1, 0.15) is 0 Å². The molecular formula is C6H12OS2. The minimum atomic E-state index is 0.581. The fourth-order valence-corrected chi connectivity index (χ4v) is 1.38. The van der Waals surface area contributed by atoms with Crippen molar-refractivity contribution in [1.29, 1.82) is 0 Å². The van der Waals surface area contributed by atoms with Crippen molar-refractivity contribution in [1.82, 2.24) is 0 Å². The number of methoxy groups -OCH3 is 1. The van der Waals surface area contributed by atoms with Crippen molar-refractivity contribution in [3.8, 4) is 0 Å². The van der Waals surface area contributed by atoms with Gasteiger partial charge in [0.25, 0.3) is 0 Å². The van der Waals surface area contributed by atoms with E-state index >= 15 is 0 Å². The lowest BCUT2D eigenvalue weighted by molar-refractivity contribution is 0.426. The first-order valence-electron chi connectivity index (χ1n) is 2.95. The van der Waals surface area contributed by atoms with Crippen LogP contribution in [0.1, 0.15) is 20.3 Å². The Hall–Kier alpha value is 0.240. The lowest BCUT2D eigenvalue weighted by atomic mass is 10.4. The van der Waals surface area contributed by atoms with E-state index in [1.807, 2.05) is 0 Å². The van der Waals surface area contributed by atoms with Gasteiger partial charge in [-0.3, -0.25) is 0 Å². The molecule has 0 saturated carbocycles. The number of thiocarbonyl (C=S) groups is 1. The Bertz CT molecular complexity index is 93.1. The Labute approximate surface area is 66.2 Å². The number of rotatable bonds is 2. The van der Waals surface area contributed by atoms with E-state index in [9.17, 15) is 0 Å². The third-order valence-corrected chi connectivity index (χ3v) is 2.59. The largest absolute Gasteiger partial charge is 0.482 e. The van der Waals surface area contributed by atoms with E-state index in [0.717, 1.165) is 6.42 Å². The van der Waals surface area contributed by atoms with Crippen molar-refractivity contribution in [2.45, 2.75) is 25.5 Å². The smallest absolute Gasteiger partial charge is 0.219 e. The van der Waals surface area contributed by atoms with Gasteiger partial charge in [-0.15, -0.1) is 0 Å². The number of hydrogen-bond acceptors (Lipinski definition) is 3. The molecule has 9 heavy (non-hydrogen) atoms. The highest BCUT2D eigenvalue weighted by molar-refractivity contribution is 8.23. The average molecular weight is 164 g/mol. The van der Waals surface area contributed by atoms with Crippen molar-refractivity contribution in [2.24, 2.45) is 0 Å². The summed E-state index contributed by atoms with van der Waals surface area (Å²) in [5.74, 6) is 0. The highest BCUT2D eigenvalue weighted by Gasteiger charge is 2.02. The first-order chi connectivity index (χ1) is 4.20. The van der Waals surface area contributed by atoms with E-state index < -0.39 is 0 Å². The molecule has 1 nitrogen and oxygen atoms in total. The van der Waals surface area contributed by atoms with E-state index in [1.165, 1.54) is 0 Å². The Morgan fingerprint density at radius 1 is 1.78 bits per heavy atom. The number of hydrogen-bond donors (Lipinski definition) is 0. The van der Waals surface area contributed by atoms with Crippen LogP contribution < -0.4 is 0 Å². The van der Waals surface area contributed by atoms with Crippen LogP contribution in [0.2, 0.25) is 0 Å². The maximum atomic E-state index is 4.84. The molecule has 0 radical (unpaired) electrons. The lowest BCUT2D eigenvalue weighted by Crippen LogP contribution is -1.99. The number of ether oxygens (including phenoxy) is 1. The molecule has 1 unspecified atom stereocenters. The van der Waals surface area contributed by atoms with Gasteiger partial charge in [0.05, 0.1) is 7.11 Å². The molecule has 0 aliphatic heterocycles. The lowest BCUT2D eigenvalue weighted by Gasteiger charge is -2.06. The second-order valence-corrected chi connectivity index (χ2v) is 3.83. The Balaban J connectivity index is 3.34. The zero-order chi connectivity index (χ0) is 7.28. The van der Waals surface area contributed by atoms with E-state index in [0.29, 0.717) is 9.63 Å². The van der Waals surface area contributed by atoms with Crippen LogP contribution in [0.25, 0.3) is 0 Å². The van der Waals surface area contributed by atoms with Gasteiger partial charge in [-0.2, -0.15) is 0 Å². The standard InChI is InChI=1S/C6H12OS2/c1-4-5(2)9-6(8)7-3/h5H,4H2,1-3H3. The summed E-state index contributed by atoms with van der Waals surface area (Å²) < 4.78 is 5.46. The van der Waals surface area contributed by atoms with Gasteiger partial charge in [-0.05, 0) is 18.6 Å². The minimum absolute atomic E-state index is 0.581. The third-order valence-electron chi connectivity index (χ3n) is 1.04. The third kappa shape index (κ3) is 4.73. The molecule has 0 aromatic heterocycles. The van der Waals surface area contributed by atoms with Crippen LogP contribution in [0.3, 0.4) is 0 Å². The highest BCUT2D eigenvalue weighted by Crippen LogP contribution is 2.15. The van der Waals surface area contributed by atoms with Crippen molar-refractivity contribution in [3.05, 3.63) is 0 Å². The van der Waals surface area contributed by atoms with E-state index in [2.05, 4.69) is 13.8 Å². The topological polar surface area (TPSA) is 9.23 Å². The summed E-state index contributed by atoms with van der Waals surface area (Å²) in [6.07, 6.45) is 1.13. The molecule has 0 heterocycles. The molecule has 0 spiro atoms. The van der Waals surface area contributed by atoms with Crippen LogP contribution in [0, 0.1) is 0 Å². The molecule has 1 atom stereocenters. The van der Waals surface area contributed by atoms with Gasteiger partial charge in [0.15, 0.2) is 0 Å². The SMILES string of the molecule is CCC(C)SC(=S)OC. The van der Waals surface area contributed by atoms with Crippen LogP contribution in [0.15, 0.2) is 0 Å². The zero-order valence-electron chi connectivity index (χ0n) is 6.01. The molecule has 0 fully saturated rings. The van der Waals surface area contributed by atoms with Crippen LogP contribution in [-0.4, -0.2) is 16.7 Å². The molecule has 0 rings (SSSR count).